The van der Waals surface area contributed by atoms with E-state index in [0.29, 0.717) is 10.9 Å². The maximum Gasteiger partial charge on any atom is 0.338 e. The van der Waals surface area contributed by atoms with Gasteiger partial charge in [0.15, 0.2) is 0 Å². The predicted octanol–water partition coefficient (Wildman–Crippen LogP) is 3.44. The van der Waals surface area contributed by atoms with Crippen molar-refractivity contribution in [3.05, 3.63) is 33.3 Å². The van der Waals surface area contributed by atoms with Gasteiger partial charge in [0, 0.05) is 9.80 Å². The Hall–Kier alpha value is -0.350. The predicted molar refractivity (Wildman–Crippen MR) is 62.8 cm³/mol. The third kappa shape index (κ3) is 2.36. The van der Waals surface area contributed by atoms with Crippen LogP contribution in [0, 0.1) is 6.92 Å². The fourth-order valence-electron chi connectivity index (χ4n) is 1.15. The molecule has 0 unspecified atom stereocenters. The van der Waals surface area contributed by atoms with E-state index in [2.05, 4.69) is 36.6 Å². The molecular formula is C10H10Br2O2. The third-order valence-electron chi connectivity index (χ3n) is 1.94. The average Bonchev–Trinajstić information content (AvgIpc) is 2.17. The Morgan fingerprint density at radius 3 is 2.64 bits per heavy atom. The summed E-state index contributed by atoms with van der Waals surface area (Å²) in [6.45, 7) is 1.88. The van der Waals surface area contributed by atoms with Gasteiger partial charge in [-0.05, 0) is 30.2 Å². The molecule has 2 nitrogen and oxygen atoms in total. The highest BCUT2D eigenvalue weighted by molar-refractivity contribution is 9.10. The first-order valence-electron chi connectivity index (χ1n) is 4.03. The van der Waals surface area contributed by atoms with Crippen molar-refractivity contribution in [3.63, 3.8) is 0 Å². The zero-order chi connectivity index (χ0) is 10.7. The SMILES string of the molecule is COC(=O)c1cc(CBr)c(Br)cc1C. The molecule has 0 saturated carbocycles. The van der Waals surface area contributed by atoms with Gasteiger partial charge in [0.1, 0.15) is 0 Å². The molecule has 76 valence electrons. The molecule has 14 heavy (non-hydrogen) atoms. The Bertz CT molecular complexity index is 361. The summed E-state index contributed by atoms with van der Waals surface area (Å²) < 4.78 is 5.69. The maximum absolute atomic E-state index is 11.4. The van der Waals surface area contributed by atoms with Gasteiger partial charge in [-0.25, -0.2) is 4.79 Å². The van der Waals surface area contributed by atoms with E-state index in [1.807, 2.05) is 19.1 Å². The standard InChI is InChI=1S/C10H10Br2O2/c1-6-3-9(12)7(5-11)4-8(6)10(13)14-2/h3-4H,5H2,1-2H3. The normalized spacial score (nSPS) is 10.0. The fourth-order valence-corrected chi connectivity index (χ4v) is 2.59. The summed E-state index contributed by atoms with van der Waals surface area (Å²) in [6.07, 6.45) is 0. The van der Waals surface area contributed by atoms with Crippen LogP contribution >= 0.6 is 31.9 Å². The number of rotatable bonds is 2. The average molecular weight is 322 g/mol. The minimum Gasteiger partial charge on any atom is -0.465 e. The van der Waals surface area contributed by atoms with E-state index in [9.17, 15) is 4.79 Å². The number of hydrogen-bond donors (Lipinski definition) is 0. The number of aryl methyl sites for hydroxylation is 1. The van der Waals surface area contributed by atoms with E-state index < -0.39 is 0 Å². The Morgan fingerprint density at radius 2 is 2.14 bits per heavy atom. The molecule has 0 aliphatic heterocycles. The van der Waals surface area contributed by atoms with Crippen molar-refractivity contribution in [1.82, 2.24) is 0 Å². The van der Waals surface area contributed by atoms with Crippen molar-refractivity contribution in [1.29, 1.82) is 0 Å². The highest BCUT2D eigenvalue weighted by atomic mass is 79.9. The third-order valence-corrected chi connectivity index (χ3v) is 3.28. The maximum atomic E-state index is 11.4. The van der Waals surface area contributed by atoms with Crippen LogP contribution in [0.2, 0.25) is 0 Å². The van der Waals surface area contributed by atoms with Crippen LogP contribution in [0.3, 0.4) is 0 Å². The van der Waals surface area contributed by atoms with Gasteiger partial charge in [-0.2, -0.15) is 0 Å². The quantitative estimate of drug-likeness (QED) is 0.616. The molecule has 0 atom stereocenters. The van der Waals surface area contributed by atoms with E-state index in [0.717, 1.165) is 15.6 Å². The number of methoxy groups -OCH3 is 1. The number of halogens is 2. The molecule has 1 rings (SSSR count). The number of alkyl halides is 1. The van der Waals surface area contributed by atoms with E-state index in [1.54, 1.807) is 0 Å². The van der Waals surface area contributed by atoms with Crippen LogP contribution in [-0.4, -0.2) is 13.1 Å². The van der Waals surface area contributed by atoms with Gasteiger partial charge in [-0.1, -0.05) is 31.9 Å². The first kappa shape index (κ1) is 11.7. The summed E-state index contributed by atoms with van der Waals surface area (Å²) in [5, 5.41) is 0.706. The Kier molecular flexibility index (Phi) is 4.13. The van der Waals surface area contributed by atoms with Crippen molar-refractivity contribution in [2.45, 2.75) is 12.3 Å². The molecule has 0 aromatic heterocycles. The van der Waals surface area contributed by atoms with Crippen LogP contribution in [0.1, 0.15) is 21.5 Å². The lowest BCUT2D eigenvalue weighted by atomic mass is 10.1. The molecule has 1 aromatic carbocycles. The number of ether oxygens (including phenoxy) is 1. The van der Waals surface area contributed by atoms with Gasteiger partial charge in [0.2, 0.25) is 0 Å². The molecule has 0 amide bonds. The molecule has 0 bridgehead atoms. The first-order valence-corrected chi connectivity index (χ1v) is 5.95. The van der Waals surface area contributed by atoms with Crippen LogP contribution in [0.4, 0.5) is 0 Å². The molecule has 0 N–H and O–H groups in total. The lowest BCUT2D eigenvalue weighted by Gasteiger charge is -2.07. The molecule has 0 radical (unpaired) electrons. The molecular weight excluding hydrogens is 312 g/mol. The highest BCUT2D eigenvalue weighted by Gasteiger charge is 2.11. The summed E-state index contributed by atoms with van der Waals surface area (Å²) in [5.41, 5.74) is 2.56. The largest absolute Gasteiger partial charge is 0.465 e. The minimum atomic E-state index is -0.294. The van der Waals surface area contributed by atoms with Gasteiger partial charge >= 0.3 is 5.97 Å². The van der Waals surface area contributed by atoms with E-state index in [-0.39, 0.29) is 5.97 Å². The lowest BCUT2D eigenvalue weighted by molar-refractivity contribution is 0.0600. The molecule has 0 aliphatic carbocycles. The smallest absolute Gasteiger partial charge is 0.338 e. The molecule has 0 aliphatic rings. The zero-order valence-electron chi connectivity index (χ0n) is 7.93. The number of carbonyl (C=O) groups excluding carboxylic acids is 1. The fraction of sp³-hybridized carbons (Fsp3) is 0.300. The van der Waals surface area contributed by atoms with Crippen molar-refractivity contribution in [2.75, 3.05) is 7.11 Å². The second-order valence-corrected chi connectivity index (χ2v) is 4.30. The van der Waals surface area contributed by atoms with E-state index in [1.165, 1.54) is 7.11 Å². The molecule has 0 saturated heterocycles. The summed E-state index contributed by atoms with van der Waals surface area (Å²) in [4.78, 5) is 11.4. The van der Waals surface area contributed by atoms with Crippen molar-refractivity contribution >= 4 is 37.8 Å². The molecule has 0 fully saturated rings. The Labute approximate surface area is 99.9 Å². The van der Waals surface area contributed by atoms with Crippen LogP contribution in [0.15, 0.2) is 16.6 Å². The van der Waals surface area contributed by atoms with Gasteiger partial charge in [-0.15, -0.1) is 0 Å². The zero-order valence-corrected chi connectivity index (χ0v) is 11.1. The van der Waals surface area contributed by atoms with E-state index in [4.69, 9.17) is 0 Å². The summed E-state index contributed by atoms with van der Waals surface area (Å²) in [5.74, 6) is -0.294. The Morgan fingerprint density at radius 1 is 1.50 bits per heavy atom. The number of carbonyl (C=O) groups is 1. The van der Waals surface area contributed by atoms with Crippen molar-refractivity contribution in [2.24, 2.45) is 0 Å². The lowest BCUT2D eigenvalue weighted by Crippen LogP contribution is -2.04. The van der Waals surface area contributed by atoms with E-state index >= 15 is 0 Å². The van der Waals surface area contributed by atoms with Crippen molar-refractivity contribution < 1.29 is 9.53 Å². The summed E-state index contributed by atoms with van der Waals surface area (Å²) in [6, 6.07) is 3.75. The minimum absolute atomic E-state index is 0.294. The highest BCUT2D eigenvalue weighted by Crippen LogP contribution is 2.24. The van der Waals surface area contributed by atoms with Gasteiger partial charge < -0.3 is 4.74 Å². The van der Waals surface area contributed by atoms with Gasteiger partial charge in [0.25, 0.3) is 0 Å². The monoisotopic (exact) mass is 320 g/mol. The van der Waals surface area contributed by atoms with Crippen LogP contribution in [0.5, 0.6) is 0 Å². The summed E-state index contributed by atoms with van der Waals surface area (Å²) in [7, 11) is 1.39. The molecule has 1 aromatic rings. The molecule has 0 spiro atoms. The van der Waals surface area contributed by atoms with Crippen LogP contribution in [0.25, 0.3) is 0 Å². The van der Waals surface area contributed by atoms with Gasteiger partial charge in [-0.3, -0.25) is 0 Å². The second kappa shape index (κ2) is 4.94. The van der Waals surface area contributed by atoms with Crippen LogP contribution < -0.4 is 0 Å². The molecule has 0 heterocycles. The van der Waals surface area contributed by atoms with Crippen LogP contribution in [-0.2, 0) is 10.1 Å². The number of hydrogen-bond acceptors (Lipinski definition) is 2. The molecule has 4 heteroatoms. The Balaban J connectivity index is 3.24. The van der Waals surface area contributed by atoms with Gasteiger partial charge in [0.05, 0.1) is 12.7 Å². The number of benzene rings is 1. The second-order valence-electron chi connectivity index (χ2n) is 2.88. The first-order chi connectivity index (χ1) is 6.60. The van der Waals surface area contributed by atoms with Crippen molar-refractivity contribution in [3.8, 4) is 0 Å². The number of esters is 1. The topological polar surface area (TPSA) is 26.3 Å². The summed E-state index contributed by atoms with van der Waals surface area (Å²) >= 11 is 6.79.